The summed E-state index contributed by atoms with van der Waals surface area (Å²) in [5, 5.41) is 7.53. The molecule has 6 nitrogen and oxygen atoms in total. The Hall–Kier alpha value is -2.00. The first kappa shape index (κ1) is 35.3. The number of thiocarbonyl (C=S) groups is 1. The van der Waals surface area contributed by atoms with Gasteiger partial charge in [-0.15, -0.1) is 0 Å². The number of hydrogen-bond acceptors (Lipinski definition) is 5. The number of unbranched alkanes of at least 4 members (excludes halogenated alkanes) is 4. The molecule has 6 rings (SSSR count). The molecule has 0 saturated carbocycles. The Morgan fingerprint density at radius 2 is 1.65 bits per heavy atom. The highest BCUT2D eigenvalue weighted by Crippen LogP contribution is 2.41. The van der Waals surface area contributed by atoms with E-state index in [1.54, 1.807) is 0 Å². The first-order valence-corrected chi connectivity index (χ1v) is 20.2. The Bertz CT molecular complexity index is 1410. The molecule has 4 heterocycles. The fraction of sp³-hybridized carbons (Fsp3) is 0.658. The highest BCUT2D eigenvalue weighted by atomic mass is 32.2. The molecule has 46 heavy (non-hydrogen) atoms. The van der Waals surface area contributed by atoms with Gasteiger partial charge in [0.15, 0.2) is 9.84 Å². The van der Waals surface area contributed by atoms with Gasteiger partial charge in [0.05, 0.1) is 47.9 Å². The first-order chi connectivity index (χ1) is 22.1. The van der Waals surface area contributed by atoms with Crippen molar-refractivity contribution >= 4 is 38.4 Å². The van der Waals surface area contributed by atoms with Crippen LogP contribution in [0.25, 0.3) is 0 Å². The monoisotopic (exact) mass is 667 g/mol. The molecule has 2 aromatic carbocycles. The lowest BCUT2D eigenvalue weighted by Crippen LogP contribution is -2.58. The molecule has 4 aliphatic rings. The second-order valence-corrected chi connectivity index (χ2v) is 17.3. The van der Waals surface area contributed by atoms with Crippen LogP contribution in [-0.4, -0.2) is 69.5 Å². The van der Waals surface area contributed by atoms with E-state index in [1.807, 2.05) is 31.1 Å². The predicted octanol–water partition coefficient (Wildman–Crippen LogP) is 8.27. The van der Waals surface area contributed by atoms with Gasteiger partial charge in [-0.1, -0.05) is 63.9 Å². The molecule has 1 unspecified atom stereocenters. The zero-order valence-corrected chi connectivity index (χ0v) is 30.6. The SMILES string of the molecule is CCCCC1(CCCC)CS(=O)(=O)c2ccc(N(C)C)cc2C(c2cccc(NC(=S)CCCCC[N+]34CCC(CC3)CC4)c2)N1. The molecule has 3 saturated heterocycles. The molecule has 0 radical (unpaired) electrons. The molecule has 0 amide bonds. The normalized spacial score (nSPS) is 24.6. The number of nitrogens with zero attached hydrogens (tertiary/aromatic N) is 2. The Labute approximate surface area is 285 Å². The summed E-state index contributed by atoms with van der Waals surface area (Å²) in [7, 11) is 0.509. The highest BCUT2D eigenvalue weighted by Gasteiger charge is 2.43. The van der Waals surface area contributed by atoms with Crippen molar-refractivity contribution in [3.8, 4) is 0 Å². The maximum absolute atomic E-state index is 14.1. The van der Waals surface area contributed by atoms with Gasteiger partial charge in [0, 0.05) is 31.0 Å². The molecule has 3 fully saturated rings. The average Bonchev–Trinajstić information content (AvgIpc) is 3.15. The molecule has 0 spiro atoms. The third-order valence-electron chi connectivity index (χ3n) is 11.2. The van der Waals surface area contributed by atoms with Gasteiger partial charge >= 0.3 is 0 Å². The van der Waals surface area contributed by atoms with Gasteiger partial charge in [-0.3, -0.25) is 5.32 Å². The minimum atomic E-state index is -3.50. The lowest BCUT2D eigenvalue weighted by Gasteiger charge is -2.49. The quantitative estimate of drug-likeness (QED) is 0.113. The van der Waals surface area contributed by atoms with Crippen LogP contribution < -0.4 is 15.5 Å². The summed E-state index contributed by atoms with van der Waals surface area (Å²) in [5.41, 5.74) is 3.40. The number of piperidine rings is 3. The van der Waals surface area contributed by atoms with Crippen LogP contribution >= 0.6 is 12.2 Å². The summed E-state index contributed by atoms with van der Waals surface area (Å²) in [6, 6.07) is 14.1. The van der Waals surface area contributed by atoms with E-state index in [-0.39, 0.29) is 11.8 Å². The maximum atomic E-state index is 14.1. The van der Waals surface area contributed by atoms with E-state index in [0.29, 0.717) is 4.90 Å². The first-order valence-electron chi connectivity index (χ1n) is 18.1. The third-order valence-corrected chi connectivity index (χ3v) is 13.4. The number of quaternary nitrogens is 1. The number of benzene rings is 2. The van der Waals surface area contributed by atoms with Gasteiger partial charge in [0.2, 0.25) is 0 Å². The Kier molecular flexibility index (Phi) is 11.9. The fourth-order valence-corrected chi connectivity index (χ4v) is 10.6. The van der Waals surface area contributed by atoms with E-state index in [4.69, 9.17) is 12.2 Å². The molecular weight excluding hydrogens is 609 g/mol. The van der Waals surface area contributed by atoms with Crippen LogP contribution in [0.4, 0.5) is 11.4 Å². The van der Waals surface area contributed by atoms with E-state index in [0.717, 1.165) is 84.8 Å². The molecule has 0 aliphatic carbocycles. The lowest BCUT2D eigenvalue weighted by molar-refractivity contribution is -0.942. The van der Waals surface area contributed by atoms with E-state index in [2.05, 4.69) is 54.8 Å². The van der Waals surface area contributed by atoms with Crippen LogP contribution in [0.15, 0.2) is 47.4 Å². The van der Waals surface area contributed by atoms with Crippen LogP contribution in [0.2, 0.25) is 0 Å². The van der Waals surface area contributed by atoms with Gasteiger partial charge in [-0.25, -0.2) is 8.42 Å². The molecule has 1 atom stereocenters. The molecule has 4 aliphatic heterocycles. The van der Waals surface area contributed by atoms with Crippen molar-refractivity contribution in [3.05, 3.63) is 53.6 Å². The van der Waals surface area contributed by atoms with Crippen molar-refractivity contribution in [1.82, 2.24) is 5.32 Å². The number of hydrogen-bond donors (Lipinski definition) is 2. The number of nitrogens with one attached hydrogen (secondary N) is 2. The summed E-state index contributed by atoms with van der Waals surface area (Å²) in [6.07, 6.45) is 14.6. The minimum absolute atomic E-state index is 0.132. The average molecular weight is 668 g/mol. The maximum Gasteiger partial charge on any atom is 0.180 e. The zero-order valence-electron chi connectivity index (χ0n) is 29.0. The van der Waals surface area contributed by atoms with Crippen LogP contribution in [-0.2, 0) is 9.84 Å². The van der Waals surface area contributed by atoms with Gasteiger partial charge in [-0.2, -0.15) is 0 Å². The van der Waals surface area contributed by atoms with E-state index < -0.39 is 15.4 Å². The summed E-state index contributed by atoms with van der Waals surface area (Å²) >= 11 is 5.84. The van der Waals surface area contributed by atoms with Crippen molar-refractivity contribution in [3.63, 3.8) is 0 Å². The summed E-state index contributed by atoms with van der Waals surface area (Å²) < 4.78 is 29.6. The van der Waals surface area contributed by atoms with Crippen LogP contribution in [0.1, 0.15) is 114 Å². The number of fused-ring (bicyclic) bond motifs is 4. The molecule has 0 aromatic heterocycles. The molecule has 2 aromatic rings. The van der Waals surface area contributed by atoms with Crippen molar-refractivity contribution in [1.29, 1.82) is 0 Å². The van der Waals surface area contributed by atoms with Gasteiger partial charge in [-0.05, 0) is 105 Å². The van der Waals surface area contributed by atoms with E-state index in [1.165, 1.54) is 62.8 Å². The third kappa shape index (κ3) is 8.53. The highest BCUT2D eigenvalue weighted by molar-refractivity contribution is 7.91. The van der Waals surface area contributed by atoms with Gasteiger partial charge < -0.3 is 14.7 Å². The number of sulfone groups is 1. The van der Waals surface area contributed by atoms with Crippen LogP contribution in [0, 0.1) is 5.92 Å². The predicted molar refractivity (Wildman–Crippen MR) is 198 cm³/mol. The number of anilines is 2. The Morgan fingerprint density at radius 1 is 0.957 bits per heavy atom. The molecular formula is C38H59N4O2S2+. The van der Waals surface area contributed by atoms with Gasteiger partial charge in [0.25, 0.3) is 0 Å². The smallest absolute Gasteiger partial charge is 0.180 e. The van der Waals surface area contributed by atoms with Crippen molar-refractivity contribution in [2.45, 2.75) is 114 Å². The van der Waals surface area contributed by atoms with Crippen molar-refractivity contribution in [2.24, 2.45) is 5.92 Å². The lowest BCUT2D eigenvalue weighted by atomic mass is 9.85. The summed E-state index contributed by atoms with van der Waals surface area (Å²) in [4.78, 5) is 3.39. The molecule has 8 heteroatoms. The van der Waals surface area contributed by atoms with E-state index in [9.17, 15) is 8.42 Å². The molecule has 254 valence electrons. The van der Waals surface area contributed by atoms with Crippen LogP contribution in [0.3, 0.4) is 0 Å². The second-order valence-electron chi connectivity index (χ2n) is 14.9. The zero-order chi connectivity index (χ0) is 32.8. The van der Waals surface area contributed by atoms with Crippen molar-refractivity contribution < 1.29 is 12.9 Å². The second kappa shape index (κ2) is 15.5. The van der Waals surface area contributed by atoms with E-state index >= 15 is 0 Å². The van der Waals surface area contributed by atoms with Gasteiger partial charge in [0.1, 0.15) is 0 Å². The largest absolute Gasteiger partial charge is 0.378 e. The number of rotatable bonds is 15. The van der Waals surface area contributed by atoms with Crippen molar-refractivity contribution in [2.75, 3.05) is 56.2 Å². The molecule has 2 bridgehead atoms. The molecule has 2 N–H and O–H groups in total. The minimum Gasteiger partial charge on any atom is -0.378 e. The van der Waals surface area contributed by atoms with Crippen LogP contribution in [0.5, 0.6) is 0 Å². The summed E-state index contributed by atoms with van der Waals surface area (Å²) in [5.74, 6) is 1.15. The Morgan fingerprint density at radius 3 is 2.30 bits per heavy atom. The topological polar surface area (TPSA) is 61.4 Å². The summed E-state index contributed by atoms with van der Waals surface area (Å²) in [6.45, 7) is 9.93. The standard InChI is InChI=1S/C38H58N4O2S2/c1-5-7-21-38(22-8-6-2)29-46(43,44)35-17-16-33(41(3)4)28-34(35)37(40-38)31-13-12-14-32(27-31)39-36(45)15-10-9-11-23-42-24-18-30(19-25-42)20-26-42/h12-14,16-17,27-28,30,37,40H,5-11,15,18-26,29H2,1-4H3/p+1. The Balaban J connectivity index is 1.32. The fourth-order valence-electron chi connectivity index (χ4n) is 8.30.